The summed E-state index contributed by atoms with van der Waals surface area (Å²) < 4.78 is 0. The van der Waals surface area contributed by atoms with Crippen LogP contribution in [0.5, 0.6) is 0 Å². The normalized spacial score (nSPS) is 28.6. The van der Waals surface area contributed by atoms with Crippen molar-refractivity contribution in [1.29, 1.82) is 0 Å². The molecule has 2 aliphatic carbocycles. The van der Waals surface area contributed by atoms with Crippen molar-refractivity contribution in [2.45, 2.75) is 32.7 Å². The lowest BCUT2D eigenvalue weighted by Crippen LogP contribution is -2.29. The first kappa shape index (κ1) is 13.2. The van der Waals surface area contributed by atoms with Crippen molar-refractivity contribution >= 4 is 11.4 Å². The highest BCUT2D eigenvalue weighted by Gasteiger charge is 2.38. The zero-order chi connectivity index (χ0) is 14.3. The van der Waals surface area contributed by atoms with E-state index in [0.29, 0.717) is 17.9 Å². The molecule has 0 heterocycles. The van der Waals surface area contributed by atoms with Gasteiger partial charge in [0.1, 0.15) is 0 Å². The SMILES string of the molecule is Cc1c(NC(C)C2CC3C=CC2C3)cccc1[N+](=O)[O-]. The van der Waals surface area contributed by atoms with Crippen LogP contribution in [0, 0.1) is 34.8 Å². The van der Waals surface area contributed by atoms with Crippen LogP contribution in [0.3, 0.4) is 0 Å². The lowest BCUT2D eigenvalue weighted by atomic mass is 9.87. The van der Waals surface area contributed by atoms with Gasteiger partial charge in [-0.15, -0.1) is 0 Å². The molecule has 0 amide bonds. The minimum Gasteiger partial charge on any atom is -0.382 e. The second-order valence-corrected chi connectivity index (χ2v) is 6.08. The fourth-order valence-corrected chi connectivity index (χ4v) is 3.73. The van der Waals surface area contributed by atoms with E-state index in [4.69, 9.17) is 0 Å². The zero-order valence-corrected chi connectivity index (χ0v) is 11.9. The van der Waals surface area contributed by atoms with Crippen LogP contribution in [0.15, 0.2) is 30.4 Å². The fourth-order valence-electron chi connectivity index (χ4n) is 3.73. The Morgan fingerprint density at radius 1 is 1.35 bits per heavy atom. The molecule has 1 saturated carbocycles. The van der Waals surface area contributed by atoms with E-state index < -0.39 is 0 Å². The van der Waals surface area contributed by atoms with Gasteiger partial charge >= 0.3 is 0 Å². The molecule has 4 heteroatoms. The highest BCUT2D eigenvalue weighted by atomic mass is 16.6. The van der Waals surface area contributed by atoms with Crippen molar-refractivity contribution in [2.75, 3.05) is 5.32 Å². The largest absolute Gasteiger partial charge is 0.382 e. The average Bonchev–Trinajstić information content (AvgIpc) is 3.03. The highest BCUT2D eigenvalue weighted by molar-refractivity contribution is 5.60. The van der Waals surface area contributed by atoms with E-state index in [2.05, 4.69) is 24.4 Å². The molecule has 1 aromatic rings. The van der Waals surface area contributed by atoms with Gasteiger partial charge in [-0.3, -0.25) is 10.1 Å². The van der Waals surface area contributed by atoms with Crippen LogP contribution < -0.4 is 5.32 Å². The van der Waals surface area contributed by atoms with Crippen molar-refractivity contribution in [2.24, 2.45) is 17.8 Å². The average molecular weight is 272 g/mol. The van der Waals surface area contributed by atoms with E-state index in [1.807, 2.05) is 13.0 Å². The summed E-state index contributed by atoms with van der Waals surface area (Å²) in [7, 11) is 0. The Morgan fingerprint density at radius 2 is 2.15 bits per heavy atom. The molecule has 0 aliphatic heterocycles. The topological polar surface area (TPSA) is 55.2 Å². The Bertz CT molecular complexity index is 568. The molecule has 0 spiro atoms. The molecule has 106 valence electrons. The number of nitrogens with zero attached hydrogens (tertiary/aromatic N) is 1. The molecule has 2 bridgehead atoms. The number of hydrogen-bond acceptors (Lipinski definition) is 3. The maximum absolute atomic E-state index is 11.0. The van der Waals surface area contributed by atoms with Gasteiger partial charge < -0.3 is 5.32 Å². The predicted octanol–water partition coefficient (Wildman–Crippen LogP) is 3.92. The molecule has 1 fully saturated rings. The van der Waals surface area contributed by atoms with Crippen molar-refractivity contribution in [1.82, 2.24) is 0 Å². The number of anilines is 1. The number of benzene rings is 1. The van der Waals surface area contributed by atoms with Crippen molar-refractivity contribution in [3.63, 3.8) is 0 Å². The van der Waals surface area contributed by atoms with Gasteiger partial charge in [-0.2, -0.15) is 0 Å². The van der Waals surface area contributed by atoms with E-state index in [1.54, 1.807) is 12.1 Å². The van der Waals surface area contributed by atoms with Gasteiger partial charge in [-0.25, -0.2) is 0 Å². The molecular weight excluding hydrogens is 252 g/mol. The standard InChI is InChI=1S/C16H20N2O2/c1-10-15(4-3-5-16(10)18(19)20)17-11(2)14-9-12-6-7-13(14)8-12/h3-7,11-14,17H,8-9H2,1-2H3. The molecule has 0 saturated heterocycles. The molecule has 20 heavy (non-hydrogen) atoms. The Balaban J connectivity index is 1.76. The number of nitro groups is 1. The van der Waals surface area contributed by atoms with Crippen molar-refractivity contribution in [3.8, 4) is 0 Å². The first-order chi connectivity index (χ1) is 9.56. The first-order valence-corrected chi connectivity index (χ1v) is 7.25. The molecule has 4 unspecified atom stereocenters. The predicted molar refractivity (Wildman–Crippen MR) is 79.8 cm³/mol. The second-order valence-electron chi connectivity index (χ2n) is 6.08. The van der Waals surface area contributed by atoms with Crippen LogP contribution in [0.25, 0.3) is 0 Å². The van der Waals surface area contributed by atoms with Gasteiger partial charge in [-0.1, -0.05) is 18.2 Å². The van der Waals surface area contributed by atoms with Gasteiger partial charge in [0.15, 0.2) is 0 Å². The number of nitrogens with one attached hydrogen (secondary N) is 1. The molecule has 0 aromatic heterocycles. The Labute approximate surface area is 119 Å². The number of hydrogen-bond donors (Lipinski definition) is 1. The summed E-state index contributed by atoms with van der Waals surface area (Å²) in [5.74, 6) is 2.07. The van der Waals surface area contributed by atoms with E-state index in [0.717, 1.165) is 17.2 Å². The summed E-state index contributed by atoms with van der Waals surface area (Å²) in [6.45, 7) is 4.01. The number of fused-ring (bicyclic) bond motifs is 2. The summed E-state index contributed by atoms with van der Waals surface area (Å²) in [5, 5.41) is 14.5. The van der Waals surface area contributed by atoms with Gasteiger partial charge in [0, 0.05) is 23.4 Å². The number of rotatable bonds is 4. The molecule has 2 aliphatic rings. The van der Waals surface area contributed by atoms with Gasteiger partial charge in [0.2, 0.25) is 0 Å². The van der Waals surface area contributed by atoms with Crippen LogP contribution in [0.1, 0.15) is 25.3 Å². The lowest BCUT2D eigenvalue weighted by Gasteiger charge is -2.27. The monoisotopic (exact) mass is 272 g/mol. The first-order valence-electron chi connectivity index (χ1n) is 7.25. The van der Waals surface area contributed by atoms with E-state index in [1.165, 1.54) is 12.8 Å². The third-order valence-electron chi connectivity index (χ3n) is 4.86. The smallest absolute Gasteiger partial charge is 0.274 e. The summed E-state index contributed by atoms with van der Waals surface area (Å²) in [6, 6.07) is 5.59. The van der Waals surface area contributed by atoms with E-state index in [-0.39, 0.29) is 10.6 Å². The van der Waals surface area contributed by atoms with Gasteiger partial charge in [-0.05, 0) is 50.5 Å². The van der Waals surface area contributed by atoms with Crippen LogP contribution in [-0.4, -0.2) is 11.0 Å². The number of nitro benzene ring substituents is 1. The third-order valence-corrected chi connectivity index (χ3v) is 4.86. The van der Waals surface area contributed by atoms with Crippen molar-refractivity contribution in [3.05, 3.63) is 46.0 Å². The molecule has 3 rings (SSSR count). The fraction of sp³-hybridized carbons (Fsp3) is 0.500. The Hall–Kier alpha value is -1.84. The quantitative estimate of drug-likeness (QED) is 0.513. The minimum atomic E-state index is -0.314. The van der Waals surface area contributed by atoms with Crippen molar-refractivity contribution < 1.29 is 4.92 Å². The molecular formula is C16H20N2O2. The third kappa shape index (κ3) is 2.19. The van der Waals surface area contributed by atoms with Crippen LogP contribution in [0.4, 0.5) is 11.4 Å². The van der Waals surface area contributed by atoms with Crippen LogP contribution >= 0.6 is 0 Å². The summed E-state index contributed by atoms with van der Waals surface area (Å²) >= 11 is 0. The Morgan fingerprint density at radius 3 is 2.75 bits per heavy atom. The molecule has 4 atom stereocenters. The maximum Gasteiger partial charge on any atom is 0.274 e. The van der Waals surface area contributed by atoms with Gasteiger partial charge in [0.05, 0.1) is 4.92 Å². The summed E-state index contributed by atoms with van der Waals surface area (Å²) in [5.41, 5.74) is 1.80. The number of allylic oxidation sites excluding steroid dienone is 2. The molecule has 1 N–H and O–H groups in total. The van der Waals surface area contributed by atoms with E-state index >= 15 is 0 Å². The molecule has 0 radical (unpaired) electrons. The van der Waals surface area contributed by atoms with Gasteiger partial charge in [0.25, 0.3) is 5.69 Å². The highest BCUT2D eigenvalue weighted by Crippen LogP contribution is 2.45. The molecule has 4 nitrogen and oxygen atoms in total. The zero-order valence-electron chi connectivity index (χ0n) is 11.9. The molecule has 1 aromatic carbocycles. The maximum atomic E-state index is 11.0. The van der Waals surface area contributed by atoms with Crippen LogP contribution in [0.2, 0.25) is 0 Å². The van der Waals surface area contributed by atoms with E-state index in [9.17, 15) is 10.1 Å². The summed E-state index contributed by atoms with van der Waals surface area (Å²) in [4.78, 5) is 10.7. The summed E-state index contributed by atoms with van der Waals surface area (Å²) in [6.07, 6.45) is 7.21. The lowest BCUT2D eigenvalue weighted by molar-refractivity contribution is -0.385. The second kappa shape index (κ2) is 4.93. The van der Waals surface area contributed by atoms with Crippen LogP contribution in [-0.2, 0) is 0 Å². The Kier molecular flexibility index (Phi) is 3.24. The minimum absolute atomic E-state index is 0.190.